The molecular formula is C20H20Cl2FN3O4. The summed E-state index contributed by atoms with van der Waals surface area (Å²) in [4.78, 5) is 24.9. The number of nitro groups is 1. The molecule has 1 fully saturated rings. The Labute approximate surface area is 182 Å². The third-order valence-electron chi connectivity index (χ3n) is 4.91. The van der Waals surface area contributed by atoms with Crippen LogP contribution in [-0.2, 0) is 4.74 Å². The van der Waals surface area contributed by atoms with Crippen LogP contribution in [0.4, 0.5) is 10.1 Å². The molecule has 0 aromatic heterocycles. The zero-order valence-electron chi connectivity index (χ0n) is 16.1. The minimum absolute atomic E-state index is 0.0397. The summed E-state index contributed by atoms with van der Waals surface area (Å²) in [5.74, 6) is -0.983. The summed E-state index contributed by atoms with van der Waals surface area (Å²) in [5.41, 5.74) is 0.175. The number of hydrogen-bond donors (Lipinski definition) is 1. The van der Waals surface area contributed by atoms with E-state index < -0.39 is 22.7 Å². The molecule has 10 heteroatoms. The van der Waals surface area contributed by atoms with Crippen molar-refractivity contribution in [1.29, 1.82) is 0 Å². The van der Waals surface area contributed by atoms with Crippen LogP contribution in [0.3, 0.4) is 0 Å². The first-order chi connectivity index (χ1) is 14.3. The molecular weight excluding hydrogens is 436 g/mol. The van der Waals surface area contributed by atoms with Gasteiger partial charge in [0.15, 0.2) is 0 Å². The molecule has 2 aromatic rings. The standard InChI is InChI=1S/C20H20Cl2FN3O4/c1-12-11-25(7-8-30-12)18(19-15(21)3-2-4-17(19)23)10-24-20(27)14-6-5-13(26(28)29)9-16(14)22/h2-6,9,12,18H,7-8,10-11H2,1H3,(H,24,27). The van der Waals surface area contributed by atoms with Gasteiger partial charge in [-0.3, -0.25) is 19.8 Å². The fourth-order valence-corrected chi connectivity index (χ4v) is 4.01. The van der Waals surface area contributed by atoms with E-state index in [9.17, 15) is 19.3 Å². The zero-order valence-corrected chi connectivity index (χ0v) is 17.6. The number of amides is 1. The smallest absolute Gasteiger partial charge is 0.270 e. The number of halogens is 3. The van der Waals surface area contributed by atoms with Crippen molar-refractivity contribution in [2.45, 2.75) is 19.1 Å². The lowest BCUT2D eigenvalue weighted by atomic mass is 10.0. The Kier molecular flexibility index (Phi) is 7.25. The van der Waals surface area contributed by atoms with E-state index in [0.29, 0.717) is 25.3 Å². The number of hydrogen-bond acceptors (Lipinski definition) is 5. The van der Waals surface area contributed by atoms with E-state index in [-0.39, 0.29) is 33.9 Å². The third kappa shape index (κ3) is 5.07. The molecule has 0 radical (unpaired) electrons. The minimum atomic E-state index is -0.594. The topological polar surface area (TPSA) is 84.7 Å². The highest BCUT2D eigenvalue weighted by atomic mass is 35.5. The predicted molar refractivity (Wildman–Crippen MR) is 112 cm³/mol. The number of rotatable bonds is 6. The van der Waals surface area contributed by atoms with Crippen molar-refractivity contribution in [1.82, 2.24) is 10.2 Å². The number of ether oxygens (including phenoxy) is 1. The molecule has 0 aliphatic carbocycles. The number of morpholine rings is 1. The van der Waals surface area contributed by atoms with Gasteiger partial charge in [-0.25, -0.2) is 4.39 Å². The number of nitrogens with zero attached hydrogens (tertiary/aromatic N) is 2. The Morgan fingerprint density at radius 3 is 2.77 bits per heavy atom. The van der Waals surface area contributed by atoms with E-state index >= 15 is 0 Å². The van der Waals surface area contributed by atoms with Gasteiger partial charge in [-0.2, -0.15) is 0 Å². The highest BCUT2D eigenvalue weighted by Gasteiger charge is 2.30. The summed E-state index contributed by atoms with van der Waals surface area (Å²) >= 11 is 12.3. The van der Waals surface area contributed by atoms with Crippen LogP contribution in [0, 0.1) is 15.9 Å². The van der Waals surface area contributed by atoms with Crippen molar-refractivity contribution in [2.75, 3.05) is 26.2 Å². The maximum absolute atomic E-state index is 14.6. The highest BCUT2D eigenvalue weighted by molar-refractivity contribution is 6.34. The second kappa shape index (κ2) is 9.70. The molecule has 1 amide bonds. The van der Waals surface area contributed by atoms with Crippen molar-refractivity contribution >= 4 is 34.8 Å². The van der Waals surface area contributed by atoms with Crippen LogP contribution in [-0.4, -0.2) is 48.1 Å². The van der Waals surface area contributed by atoms with E-state index in [1.807, 2.05) is 11.8 Å². The van der Waals surface area contributed by atoms with Crippen LogP contribution < -0.4 is 5.32 Å². The molecule has 0 saturated carbocycles. The fourth-order valence-electron chi connectivity index (χ4n) is 3.46. The maximum Gasteiger partial charge on any atom is 0.270 e. The summed E-state index contributed by atoms with van der Waals surface area (Å²) < 4.78 is 20.2. The van der Waals surface area contributed by atoms with Crippen molar-refractivity contribution in [2.24, 2.45) is 0 Å². The first-order valence-electron chi connectivity index (χ1n) is 9.29. The first-order valence-corrected chi connectivity index (χ1v) is 10.0. The van der Waals surface area contributed by atoms with Gasteiger partial charge in [0.25, 0.3) is 11.6 Å². The van der Waals surface area contributed by atoms with Crippen LogP contribution in [0.5, 0.6) is 0 Å². The molecule has 160 valence electrons. The Morgan fingerprint density at radius 2 is 2.13 bits per heavy atom. The van der Waals surface area contributed by atoms with Gasteiger partial charge in [-0.05, 0) is 25.1 Å². The second-order valence-corrected chi connectivity index (χ2v) is 7.77. The van der Waals surface area contributed by atoms with Gasteiger partial charge in [0.05, 0.1) is 34.3 Å². The van der Waals surface area contributed by atoms with Gasteiger partial charge in [-0.15, -0.1) is 0 Å². The van der Waals surface area contributed by atoms with Gasteiger partial charge in [0.1, 0.15) is 5.82 Å². The van der Waals surface area contributed by atoms with Crippen LogP contribution >= 0.6 is 23.2 Å². The Bertz CT molecular complexity index is 939. The molecule has 0 bridgehead atoms. The summed E-state index contributed by atoms with van der Waals surface area (Å²) in [7, 11) is 0. The lowest BCUT2D eigenvalue weighted by Crippen LogP contribution is -2.47. The fraction of sp³-hybridized carbons (Fsp3) is 0.350. The molecule has 7 nitrogen and oxygen atoms in total. The number of nitro benzene ring substituents is 1. The normalized spacial score (nSPS) is 18.1. The van der Waals surface area contributed by atoms with E-state index in [1.54, 1.807) is 6.07 Å². The highest BCUT2D eigenvalue weighted by Crippen LogP contribution is 2.31. The molecule has 2 unspecified atom stereocenters. The van der Waals surface area contributed by atoms with Crippen LogP contribution in [0.1, 0.15) is 28.9 Å². The van der Waals surface area contributed by atoms with Crippen molar-refractivity contribution < 1.29 is 18.8 Å². The molecule has 2 aromatic carbocycles. The number of nitrogens with one attached hydrogen (secondary N) is 1. The number of carbonyl (C=O) groups excluding carboxylic acids is 1. The third-order valence-corrected chi connectivity index (χ3v) is 5.55. The molecule has 30 heavy (non-hydrogen) atoms. The first kappa shape index (κ1) is 22.4. The number of benzene rings is 2. The van der Waals surface area contributed by atoms with Crippen LogP contribution in [0.2, 0.25) is 10.0 Å². The second-order valence-electron chi connectivity index (χ2n) is 6.96. The average molecular weight is 456 g/mol. The molecule has 1 N–H and O–H groups in total. The Morgan fingerprint density at radius 1 is 1.37 bits per heavy atom. The Balaban J connectivity index is 1.83. The number of carbonyl (C=O) groups is 1. The lowest BCUT2D eigenvalue weighted by molar-refractivity contribution is -0.384. The molecule has 1 saturated heterocycles. The molecule has 1 aliphatic heterocycles. The van der Waals surface area contributed by atoms with E-state index in [0.717, 1.165) is 6.07 Å². The maximum atomic E-state index is 14.6. The van der Waals surface area contributed by atoms with E-state index in [2.05, 4.69) is 5.32 Å². The minimum Gasteiger partial charge on any atom is -0.376 e. The van der Waals surface area contributed by atoms with Gasteiger partial charge >= 0.3 is 0 Å². The number of non-ortho nitro benzene ring substituents is 1. The van der Waals surface area contributed by atoms with Gasteiger partial charge in [0, 0.05) is 42.4 Å². The molecule has 3 rings (SSSR count). The summed E-state index contributed by atoms with van der Waals surface area (Å²) in [6, 6.07) is 7.54. The van der Waals surface area contributed by atoms with Gasteiger partial charge in [0.2, 0.25) is 0 Å². The predicted octanol–water partition coefficient (Wildman–Crippen LogP) is 4.23. The quantitative estimate of drug-likeness (QED) is 0.520. The molecule has 2 atom stereocenters. The Hall–Kier alpha value is -2.26. The van der Waals surface area contributed by atoms with Crippen LogP contribution in [0.15, 0.2) is 36.4 Å². The SMILES string of the molecule is CC1CN(C(CNC(=O)c2ccc([N+](=O)[O-])cc2Cl)c2c(F)cccc2Cl)CCO1. The summed E-state index contributed by atoms with van der Waals surface area (Å²) in [5, 5.41) is 13.8. The summed E-state index contributed by atoms with van der Waals surface area (Å²) in [6.45, 7) is 3.56. The zero-order chi connectivity index (χ0) is 21.8. The van der Waals surface area contributed by atoms with Crippen LogP contribution in [0.25, 0.3) is 0 Å². The molecule has 1 heterocycles. The summed E-state index contributed by atoms with van der Waals surface area (Å²) in [6.07, 6.45) is -0.0494. The average Bonchev–Trinajstić information content (AvgIpc) is 2.69. The van der Waals surface area contributed by atoms with Crippen molar-refractivity contribution in [3.8, 4) is 0 Å². The largest absolute Gasteiger partial charge is 0.376 e. The van der Waals surface area contributed by atoms with E-state index in [4.69, 9.17) is 27.9 Å². The van der Waals surface area contributed by atoms with Gasteiger partial charge in [-0.1, -0.05) is 29.3 Å². The van der Waals surface area contributed by atoms with E-state index in [1.165, 1.54) is 24.3 Å². The van der Waals surface area contributed by atoms with Crippen molar-refractivity contribution in [3.63, 3.8) is 0 Å². The molecule has 1 aliphatic rings. The van der Waals surface area contributed by atoms with Gasteiger partial charge < -0.3 is 10.1 Å². The van der Waals surface area contributed by atoms with Crippen molar-refractivity contribution in [3.05, 3.63) is 73.5 Å². The molecule has 0 spiro atoms. The lowest BCUT2D eigenvalue weighted by Gasteiger charge is -2.38. The monoisotopic (exact) mass is 455 g/mol.